The number of benzene rings is 1. The predicted molar refractivity (Wildman–Crippen MR) is 68.2 cm³/mol. The molecule has 5 heteroatoms. The van der Waals surface area contributed by atoms with Crippen molar-refractivity contribution in [3.05, 3.63) is 34.6 Å². The molecule has 1 aromatic rings. The van der Waals surface area contributed by atoms with Gasteiger partial charge in [-0.3, -0.25) is 4.79 Å². The van der Waals surface area contributed by atoms with E-state index in [-0.39, 0.29) is 23.4 Å². The van der Waals surface area contributed by atoms with Gasteiger partial charge in [0.2, 0.25) is 0 Å². The number of hydrogen-bond acceptors (Lipinski definition) is 1. The number of alkyl halides is 1. The fourth-order valence-electron chi connectivity index (χ4n) is 1.30. The molecule has 17 heavy (non-hydrogen) atoms. The van der Waals surface area contributed by atoms with Crippen molar-refractivity contribution in [3.63, 3.8) is 0 Å². The molecule has 0 heterocycles. The van der Waals surface area contributed by atoms with Gasteiger partial charge in [0.05, 0.1) is 5.56 Å². The van der Waals surface area contributed by atoms with Crippen molar-refractivity contribution < 1.29 is 9.18 Å². The van der Waals surface area contributed by atoms with E-state index in [0.717, 1.165) is 0 Å². The van der Waals surface area contributed by atoms with Crippen LogP contribution in [0.4, 0.5) is 4.39 Å². The van der Waals surface area contributed by atoms with Gasteiger partial charge in [-0.25, -0.2) is 4.39 Å². The van der Waals surface area contributed by atoms with Crippen LogP contribution in [0.3, 0.4) is 0 Å². The minimum absolute atomic E-state index is 0.0618. The van der Waals surface area contributed by atoms with Gasteiger partial charge in [-0.15, -0.1) is 11.6 Å². The average Bonchev–Trinajstić information content (AvgIpc) is 2.28. The molecule has 1 aromatic carbocycles. The Kier molecular flexibility index (Phi) is 5.22. The van der Waals surface area contributed by atoms with Gasteiger partial charge in [-0.2, -0.15) is 0 Å². The zero-order chi connectivity index (χ0) is 13.0. The Morgan fingerprint density at radius 3 is 2.65 bits per heavy atom. The summed E-state index contributed by atoms with van der Waals surface area (Å²) in [5, 5.41) is 3.00. The zero-order valence-electron chi connectivity index (χ0n) is 9.64. The van der Waals surface area contributed by atoms with E-state index in [1.165, 1.54) is 18.2 Å². The van der Waals surface area contributed by atoms with Crippen molar-refractivity contribution in [1.29, 1.82) is 0 Å². The SMILES string of the molecule is CC(C)C(CCl)NC(=O)c1cc(Cl)ccc1F. The summed E-state index contributed by atoms with van der Waals surface area (Å²) in [7, 11) is 0. The van der Waals surface area contributed by atoms with Crippen molar-refractivity contribution in [2.24, 2.45) is 5.92 Å². The summed E-state index contributed by atoms with van der Waals surface area (Å²) >= 11 is 11.5. The van der Waals surface area contributed by atoms with Gasteiger partial charge < -0.3 is 5.32 Å². The third-order valence-corrected chi connectivity index (χ3v) is 3.03. The van der Waals surface area contributed by atoms with E-state index in [1.54, 1.807) is 0 Å². The van der Waals surface area contributed by atoms with Crippen LogP contribution in [0.25, 0.3) is 0 Å². The molecule has 0 bridgehead atoms. The molecule has 0 saturated heterocycles. The third kappa shape index (κ3) is 3.86. The molecule has 0 fully saturated rings. The lowest BCUT2D eigenvalue weighted by molar-refractivity contribution is 0.0927. The van der Waals surface area contributed by atoms with Crippen LogP contribution in [0.1, 0.15) is 24.2 Å². The minimum Gasteiger partial charge on any atom is -0.348 e. The van der Waals surface area contributed by atoms with Gasteiger partial charge in [-0.1, -0.05) is 25.4 Å². The molecule has 0 aromatic heterocycles. The van der Waals surface area contributed by atoms with Gasteiger partial charge in [0, 0.05) is 16.9 Å². The lowest BCUT2D eigenvalue weighted by Crippen LogP contribution is -2.40. The Hall–Kier alpha value is -0.800. The van der Waals surface area contributed by atoms with Crippen LogP contribution < -0.4 is 5.32 Å². The predicted octanol–water partition coefficient (Wildman–Crippen LogP) is 3.47. The first-order valence-corrected chi connectivity index (χ1v) is 6.18. The molecule has 1 N–H and O–H groups in total. The molecule has 1 unspecified atom stereocenters. The normalized spacial score (nSPS) is 12.6. The topological polar surface area (TPSA) is 29.1 Å². The second kappa shape index (κ2) is 6.22. The Balaban J connectivity index is 2.86. The second-order valence-corrected chi connectivity index (χ2v) is 4.85. The second-order valence-electron chi connectivity index (χ2n) is 4.10. The molecule has 1 amide bonds. The number of amides is 1. The van der Waals surface area contributed by atoms with Crippen molar-refractivity contribution in [1.82, 2.24) is 5.32 Å². The first-order valence-electron chi connectivity index (χ1n) is 5.27. The van der Waals surface area contributed by atoms with E-state index in [9.17, 15) is 9.18 Å². The molecule has 0 saturated carbocycles. The van der Waals surface area contributed by atoms with Crippen molar-refractivity contribution in [3.8, 4) is 0 Å². The van der Waals surface area contributed by atoms with Gasteiger partial charge >= 0.3 is 0 Å². The summed E-state index contributed by atoms with van der Waals surface area (Å²) in [6, 6.07) is 3.68. The quantitative estimate of drug-likeness (QED) is 0.839. The maximum absolute atomic E-state index is 13.4. The van der Waals surface area contributed by atoms with Crippen LogP contribution in [-0.4, -0.2) is 17.8 Å². The van der Waals surface area contributed by atoms with E-state index < -0.39 is 11.7 Å². The molecular formula is C12H14Cl2FNO. The molecule has 0 aliphatic heterocycles. The average molecular weight is 278 g/mol. The third-order valence-electron chi connectivity index (χ3n) is 2.46. The number of halogens is 3. The van der Waals surface area contributed by atoms with E-state index in [0.29, 0.717) is 5.02 Å². The molecule has 94 valence electrons. The van der Waals surface area contributed by atoms with Crippen molar-refractivity contribution >= 4 is 29.1 Å². The molecule has 0 aliphatic carbocycles. The Morgan fingerprint density at radius 2 is 2.12 bits per heavy atom. The standard InChI is InChI=1S/C12H14Cl2FNO/c1-7(2)11(6-13)16-12(17)9-5-8(14)3-4-10(9)15/h3-5,7,11H,6H2,1-2H3,(H,16,17). The highest BCUT2D eigenvalue weighted by molar-refractivity contribution is 6.31. The lowest BCUT2D eigenvalue weighted by Gasteiger charge is -2.19. The summed E-state index contributed by atoms with van der Waals surface area (Å²) in [6.45, 7) is 3.86. The maximum Gasteiger partial charge on any atom is 0.254 e. The largest absolute Gasteiger partial charge is 0.348 e. The lowest BCUT2D eigenvalue weighted by atomic mass is 10.1. The molecule has 0 spiro atoms. The van der Waals surface area contributed by atoms with Crippen molar-refractivity contribution in [2.45, 2.75) is 19.9 Å². The van der Waals surface area contributed by atoms with E-state index >= 15 is 0 Å². The van der Waals surface area contributed by atoms with Crippen LogP contribution >= 0.6 is 23.2 Å². The van der Waals surface area contributed by atoms with E-state index in [4.69, 9.17) is 23.2 Å². The van der Waals surface area contributed by atoms with Crippen LogP contribution in [0, 0.1) is 11.7 Å². The zero-order valence-corrected chi connectivity index (χ0v) is 11.1. The highest BCUT2D eigenvalue weighted by atomic mass is 35.5. The molecule has 0 aliphatic rings. The van der Waals surface area contributed by atoms with E-state index in [2.05, 4.69) is 5.32 Å². The van der Waals surface area contributed by atoms with Crippen molar-refractivity contribution in [2.75, 3.05) is 5.88 Å². The maximum atomic E-state index is 13.4. The monoisotopic (exact) mass is 277 g/mol. The minimum atomic E-state index is -0.594. The summed E-state index contributed by atoms with van der Waals surface area (Å²) < 4.78 is 13.4. The first kappa shape index (κ1) is 14.3. The van der Waals surface area contributed by atoms with Gasteiger partial charge in [0.15, 0.2) is 0 Å². The number of carbonyl (C=O) groups excluding carboxylic acids is 1. The highest BCUT2D eigenvalue weighted by Crippen LogP contribution is 2.15. The molecule has 1 atom stereocenters. The van der Waals surface area contributed by atoms with Gasteiger partial charge in [0.1, 0.15) is 5.82 Å². The number of carbonyl (C=O) groups is 1. The molecule has 2 nitrogen and oxygen atoms in total. The van der Waals surface area contributed by atoms with E-state index in [1.807, 2.05) is 13.8 Å². The van der Waals surface area contributed by atoms with Crippen LogP contribution in [-0.2, 0) is 0 Å². The highest BCUT2D eigenvalue weighted by Gasteiger charge is 2.18. The smallest absolute Gasteiger partial charge is 0.254 e. The molecule has 0 radical (unpaired) electrons. The Bertz CT molecular complexity index is 409. The van der Waals surface area contributed by atoms with Gasteiger partial charge in [-0.05, 0) is 24.1 Å². The number of hydrogen-bond donors (Lipinski definition) is 1. The van der Waals surface area contributed by atoms with Crippen LogP contribution in [0.5, 0.6) is 0 Å². The Labute approximate surface area is 110 Å². The molecular weight excluding hydrogens is 264 g/mol. The summed E-state index contributed by atoms with van der Waals surface area (Å²) in [4.78, 5) is 11.8. The number of nitrogens with one attached hydrogen (secondary N) is 1. The first-order chi connectivity index (χ1) is 7.95. The Morgan fingerprint density at radius 1 is 1.47 bits per heavy atom. The fourth-order valence-corrected chi connectivity index (χ4v) is 1.91. The summed E-state index contributed by atoms with van der Waals surface area (Å²) in [5.41, 5.74) is -0.0618. The van der Waals surface area contributed by atoms with Crippen LogP contribution in [0.2, 0.25) is 5.02 Å². The molecule has 1 rings (SSSR count). The summed E-state index contributed by atoms with van der Waals surface area (Å²) in [6.07, 6.45) is 0. The van der Waals surface area contributed by atoms with Gasteiger partial charge in [0.25, 0.3) is 5.91 Å². The fraction of sp³-hybridized carbons (Fsp3) is 0.417. The number of rotatable bonds is 4. The summed E-state index contributed by atoms with van der Waals surface area (Å²) in [5.74, 6) is -0.627. The van der Waals surface area contributed by atoms with Crippen LogP contribution in [0.15, 0.2) is 18.2 Å².